The van der Waals surface area contributed by atoms with Gasteiger partial charge in [-0.25, -0.2) is 0 Å². The molecule has 110 valence electrons. The number of aryl methyl sites for hydroxylation is 1. The van der Waals surface area contributed by atoms with Crippen molar-refractivity contribution in [2.24, 2.45) is 0 Å². The molecule has 0 aromatic heterocycles. The molecule has 2 aromatic rings. The van der Waals surface area contributed by atoms with E-state index in [0.29, 0.717) is 0 Å². The number of rotatable bonds is 6. The highest BCUT2D eigenvalue weighted by atomic mass is 16.1. The van der Waals surface area contributed by atoms with E-state index in [2.05, 4.69) is 30.5 Å². The Morgan fingerprint density at radius 2 is 1.86 bits per heavy atom. The monoisotopic (exact) mass is 282 g/mol. The maximum Gasteiger partial charge on any atom is 0.255 e. The molecule has 0 heterocycles. The van der Waals surface area contributed by atoms with Crippen LogP contribution in [-0.2, 0) is 13.0 Å². The van der Waals surface area contributed by atoms with Gasteiger partial charge in [0.1, 0.15) is 0 Å². The van der Waals surface area contributed by atoms with Gasteiger partial charge in [0, 0.05) is 17.8 Å². The van der Waals surface area contributed by atoms with E-state index in [9.17, 15) is 4.79 Å². The third-order valence-corrected chi connectivity index (χ3v) is 3.41. The van der Waals surface area contributed by atoms with Gasteiger partial charge in [-0.2, -0.15) is 0 Å². The second-order valence-corrected chi connectivity index (χ2v) is 4.95. The molecule has 0 aliphatic rings. The number of nitrogens with one attached hydrogen (secondary N) is 2. The Bertz CT molecular complexity index is 608. The summed E-state index contributed by atoms with van der Waals surface area (Å²) in [5.74, 6) is -0.0481. The van der Waals surface area contributed by atoms with Crippen LogP contribution in [0.25, 0.3) is 0 Å². The number of carbonyl (C=O) groups excluding carboxylic acids is 1. The van der Waals surface area contributed by atoms with E-state index in [0.717, 1.165) is 36.3 Å². The molecule has 0 fully saturated rings. The third kappa shape index (κ3) is 4.17. The number of benzene rings is 2. The normalized spacial score (nSPS) is 10.4. The smallest absolute Gasteiger partial charge is 0.255 e. The lowest BCUT2D eigenvalue weighted by atomic mass is 10.0. The number of hydrogen-bond donors (Lipinski definition) is 2. The Morgan fingerprint density at radius 3 is 2.62 bits per heavy atom. The molecule has 2 N–H and O–H groups in total. The largest absolute Gasteiger partial charge is 0.322 e. The van der Waals surface area contributed by atoms with Gasteiger partial charge in [0.15, 0.2) is 0 Å². The quantitative estimate of drug-likeness (QED) is 0.849. The maximum absolute atomic E-state index is 12.4. The summed E-state index contributed by atoms with van der Waals surface area (Å²) in [5.41, 5.74) is 3.82. The highest BCUT2D eigenvalue weighted by molar-refractivity contribution is 6.05. The van der Waals surface area contributed by atoms with E-state index in [-0.39, 0.29) is 5.91 Å². The average Bonchev–Trinajstić information content (AvgIpc) is 2.53. The van der Waals surface area contributed by atoms with Gasteiger partial charge in [-0.3, -0.25) is 4.79 Å². The van der Waals surface area contributed by atoms with E-state index in [4.69, 9.17) is 0 Å². The summed E-state index contributed by atoms with van der Waals surface area (Å²) in [6, 6.07) is 15.7. The van der Waals surface area contributed by atoms with Crippen LogP contribution in [0.15, 0.2) is 48.5 Å². The second kappa shape index (κ2) is 7.60. The number of hydrogen-bond acceptors (Lipinski definition) is 2. The first kappa shape index (κ1) is 15.3. The topological polar surface area (TPSA) is 41.1 Å². The fourth-order valence-electron chi connectivity index (χ4n) is 2.28. The molecule has 1 amide bonds. The van der Waals surface area contributed by atoms with E-state index in [1.807, 2.05) is 42.5 Å². The van der Waals surface area contributed by atoms with Crippen molar-refractivity contribution < 1.29 is 4.79 Å². The summed E-state index contributed by atoms with van der Waals surface area (Å²) < 4.78 is 0. The van der Waals surface area contributed by atoms with Crippen LogP contribution in [-0.4, -0.2) is 12.5 Å². The minimum absolute atomic E-state index is 0.0481. The first-order chi connectivity index (χ1) is 10.2. The molecule has 0 unspecified atom stereocenters. The zero-order chi connectivity index (χ0) is 15.1. The van der Waals surface area contributed by atoms with E-state index >= 15 is 0 Å². The molecular formula is C18H22N2O. The number of amides is 1. The molecule has 2 rings (SSSR count). The SMILES string of the molecule is CCNCc1cccc(NC(=O)c2ccccc2CC)c1. The van der Waals surface area contributed by atoms with Crippen molar-refractivity contribution >= 4 is 11.6 Å². The third-order valence-electron chi connectivity index (χ3n) is 3.41. The van der Waals surface area contributed by atoms with Crippen molar-refractivity contribution in [2.45, 2.75) is 26.8 Å². The fraction of sp³-hybridized carbons (Fsp3) is 0.278. The van der Waals surface area contributed by atoms with Crippen LogP contribution in [0, 0.1) is 0 Å². The molecule has 0 radical (unpaired) electrons. The number of anilines is 1. The minimum atomic E-state index is -0.0481. The van der Waals surface area contributed by atoms with Crippen LogP contribution >= 0.6 is 0 Å². The summed E-state index contributed by atoms with van der Waals surface area (Å²) in [6.07, 6.45) is 0.851. The molecule has 0 bridgehead atoms. The molecule has 3 nitrogen and oxygen atoms in total. The summed E-state index contributed by atoms with van der Waals surface area (Å²) in [4.78, 5) is 12.4. The van der Waals surface area contributed by atoms with Gasteiger partial charge in [-0.05, 0) is 42.3 Å². The molecule has 21 heavy (non-hydrogen) atoms. The second-order valence-electron chi connectivity index (χ2n) is 4.95. The number of carbonyl (C=O) groups is 1. The highest BCUT2D eigenvalue weighted by Crippen LogP contribution is 2.15. The summed E-state index contributed by atoms with van der Waals surface area (Å²) in [7, 11) is 0. The van der Waals surface area contributed by atoms with Crippen molar-refractivity contribution in [2.75, 3.05) is 11.9 Å². The lowest BCUT2D eigenvalue weighted by Gasteiger charge is -2.10. The van der Waals surface area contributed by atoms with Gasteiger partial charge < -0.3 is 10.6 Å². The van der Waals surface area contributed by atoms with Gasteiger partial charge in [0.2, 0.25) is 0 Å². The Hall–Kier alpha value is -2.13. The Balaban J connectivity index is 2.12. The van der Waals surface area contributed by atoms with Crippen molar-refractivity contribution in [3.05, 3.63) is 65.2 Å². The predicted molar refractivity (Wildman–Crippen MR) is 87.6 cm³/mol. The maximum atomic E-state index is 12.4. The van der Waals surface area contributed by atoms with Crippen molar-refractivity contribution in [3.63, 3.8) is 0 Å². The van der Waals surface area contributed by atoms with E-state index in [1.165, 1.54) is 5.56 Å². The molecule has 3 heteroatoms. The van der Waals surface area contributed by atoms with Gasteiger partial charge >= 0.3 is 0 Å². The van der Waals surface area contributed by atoms with Gasteiger partial charge in [-0.1, -0.05) is 44.2 Å². The van der Waals surface area contributed by atoms with Crippen molar-refractivity contribution in [1.29, 1.82) is 0 Å². The Kier molecular flexibility index (Phi) is 5.52. The van der Waals surface area contributed by atoms with Crippen LogP contribution in [0.2, 0.25) is 0 Å². The highest BCUT2D eigenvalue weighted by Gasteiger charge is 2.10. The minimum Gasteiger partial charge on any atom is -0.322 e. The molecule has 0 atom stereocenters. The molecule has 0 aliphatic heterocycles. The van der Waals surface area contributed by atoms with Gasteiger partial charge in [0.25, 0.3) is 5.91 Å². The first-order valence-electron chi connectivity index (χ1n) is 7.43. The zero-order valence-corrected chi connectivity index (χ0v) is 12.6. The summed E-state index contributed by atoms with van der Waals surface area (Å²) in [5, 5.41) is 6.27. The van der Waals surface area contributed by atoms with Gasteiger partial charge in [-0.15, -0.1) is 0 Å². The van der Waals surface area contributed by atoms with Gasteiger partial charge in [0.05, 0.1) is 0 Å². The van der Waals surface area contributed by atoms with Crippen LogP contribution in [0.4, 0.5) is 5.69 Å². The fourth-order valence-corrected chi connectivity index (χ4v) is 2.28. The summed E-state index contributed by atoms with van der Waals surface area (Å²) in [6.45, 7) is 5.88. The van der Waals surface area contributed by atoms with E-state index < -0.39 is 0 Å². The van der Waals surface area contributed by atoms with Crippen molar-refractivity contribution in [3.8, 4) is 0 Å². The van der Waals surface area contributed by atoms with Crippen LogP contribution in [0.1, 0.15) is 35.3 Å². The molecular weight excluding hydrogens is 260 g/mol. The van der Waals surface area contributed by atoms with E-state index in [1.54, 1.807) is 0 Å². The molecule has 0 spiro atoms. The Labute approximate surface area is 126 Å². The lowest BCUT2D eigenvalue weighted by molar-refractivity contribution is 0.102. The van der Waals surface area contributed by atoms with Crippen LogP contribution in [0.3, 0.4) is 0 Å². The standard InChI is InChI=1S/C18H22N2O/c1-3-15-9-5-6-11-17(15)18(21)20-16-10-7-8-14(12-16)13-19-4-2/h5-12,19H,3-4,13H2,1-2H3,(H,20,21). The molecule has 2 aromatic carbocycles. The average molecular weight is 282 g/mol. The zero-order valence-electron chi connectivity index (χ0n) is 12.6. The summed E-state index contributed by atoms with van der Waals surface area (Å²) >= 11 is 0. The predicted octanol–water partition coefficient (Wildman–Crippen LogP) is 3.61. The Morgan fingerprint density at radius 1 is 1.05 bits per heavy atom. The molecule has 0 saturated carbocycles. The van der Waals surface area contributed by atoms with Crippen LogP contribution < -0.4 is 10.6 Å². The van der Waals surface area contributed by atoms with Crippen LogP contribution in [0.5, 0.6) is 0 Å². The lowest BCUT2D eigenvalue weighted by Crippen LogP contribution is -2.15. The van der Waals surface area contributed by atoms with Crippen molar-refractivity contribution in [1.82, 2.24) is 5.32 Å². The molecule has 0 saturated heterocycles. The molecule has 0 aliphatic carbocycles. The first-order valence-corrected chi connectivity index (χ1v) is 7.43.